The first-order valence-corrected chi connectivity index (χ1v) is 6.50. The van der Waals surface area contributed by atoms with Crippen LogP contribution in [0.25, 0.3) is 0 Å². The second kappa shape index (κ2) is 8.05. The molecule has 2 atom stereocenters. The van der Waals surface area contributed by atoms with Crippen molar-refractivity contribution in [2.45, 2.75) is 32.4 Å². The lowest BCUT2D eigenvalue weighted by Crippen LogP contribution is -2.45. The number of carbonyl (C=O) groups excluding carboxylic acids is 1. The molecule has 2 N–H and O–H groups in total. The first kappa shape index (κ1) is 14.9. The molecule has 0 aromatic rings. The molecule has 1 aliphatic heterocycles. The summed E-state index contributed by atoms with van der Waals surface area (Å²) >= 11 is 5.13. The SMILES string of the molecule is CCCNC(=S)N[C@@H]1C=C[C@H](COC(C)=O)OC1. The van der Waals surface area contributed by atoms with E-state index in [0.717, 1.165) is 13.0 Å². The molecule has 0 fully saturated rings. The molecule has 1 rings (SSSR count). The Kier molecular flexibility index (Phi) is 6.67. The van der Waals surface area contributed by atoms with Gasteiger partial charge in [0.15, 0.2) is 5.11 Å². The molecule has 1 heterocycles. The van der Waals surface area contributed by atoms with Crippen molar-refractivity contribution in [1.82, 2.24) is 10.6 Å². The molecule has 5 nitrogen and oxygen atoms in total. The van der Waals surface area contributed by atoms with Gasteiger partial charge in [-0.1, -0.05) is 19.1 Å². The second-order valence-electron chi connectivity index (χ2n) is 4.07. The van der Waals surface area contributed by atoms with E-state index in [0.29, 0.717) is 11.7 Å². The smallest absolute Gasteiger partial charge is 0.302 e. The molecule has 1 aliphatic rings. The molecule has 6 heteroatoms. The number of ether oxygens (including phenoxy) is 2. The van der Waals surface area contributed by atoms with Crippen molar-refractivity contribution in [2.75, 3.05) is 19.8 Å². The van der Waals surface area contributed by atoms with Gasteiger partial charge in [-0.05, 0) is 18.6 Å². The molecular formula is C12H20N2O3S. The first-order chi connectivity index (χ1) is 8.61. The van der Waals surface area contributed by atoms with Crippen LogP contribution in [0.15, 0.2) is 12.2 Å². The standard InChI is InChI=1S/C12H20N2O3S/c1-3-6-13-12(18)14-10-4-5-11(17-7-10)8-16-9(2)15/h4-5,10-11H,3,6-8H2,1-2H3,(H2,13,14,18)/t10-,11-/m1/s1. The maximum atomic E-state index is 10.7. The van der Waals surface area contributed by atoms with Crippen molar-refractivity contribution in [3.8, 4) is 0 Å². The van der Waals surface area contributed by atoms with Crippen LogP contribution in [0.3, 0.4) is 0 Å². The van der Waals surface area contributed by atoms with Gasteiger partial charge in [-0.2, -0.15) is 0 Å². The van der Waals surface area contributed by atoms with Crippen LogP contribution in [0.1, 0.15) is 20.3 Å². The van der Waals surface area contributed by atoms with Gasteiger partial charge in [0, 0.05) is 13.5 Å². The van der Waals surface area contributed by atoms with Gasteiger partial charge in [0.2, 0.25) is 0 Å². The van der Waals surface area contributed by atoms with Crippen molar-refractivity contribution in [3.63, 3.8) is 0 Å². The van der Waals surface area contributed by atoms with E-state index in [1.807, 2.05) is 12.2 Å². The minimum absolute atomic E-state index is 0.0652. The lowest BCUT2D eigenvalue weighted by Gasteiger charge is -2.25. The number of carbonyl (C=O) groups is 1. The maximum absolute atomic E-state index is 10.7. The van der Waals surface area contributed by atoms with Gasteiger partial charge in [-0.25, -0.2) is 0 Å². The van der Waals surface area contributed by atoms with E-state index in [4.69, 9.17) is 21.7 Å². The largest absolute Gasteiger partial charge is 0.463 e. The lowest BCUT2D eigenvalue weighted by molar-refractivity contribution is -0.144. The van der Waals surface area contributed by atoms with Gasteiger partial charge < -0.3 is 20.1 Å². The van der Waals surface area contributed by atoms with Crippen molar-refractivity contribution in [2.24, 2.45) is 0 Å². The molecule has 0 unspecified atom stereocenters. The zero-order valence-electron chi connectivity index (χ0n) is 10.8. The fourth-order valence-corrected chi connectivity index (χ4v) is 1.70. The van der Waals surface area contributed by atoms with E-state index in [9.17, 15) is 4.79 Å². The Balaban J connectivity index is 2.25. The summed E-state index contributed by atoms with van der Waals surface area (Å²) in [6, 6.07) is 0.0652. The molecule has 0 aromatic heterocycles. The number of hydrogen-bond donors (Lipinski definition) is 2. The van der Waals surface area contributed by atoms with E-state index in [-0.39, 0.29) is 24.7 Å². The Morgan fingerprint density at radius 3 is 2.89 bits per heavy atom. The quantitative estimate of drug-likeness (QED) is 0.437. The summed E-state index contributed by atoms with van der Waals surface area (Å²) < 4.78 is 10.4. The number of nitrogens with one attached hydrogen (secondary N) is 2. The highest BCUT2D eigenvalue weighted by atomic mass is 32.1. The van der Waals surface area contributed by atoms with Crippen LogP contribution in [0.2, 0.25) is 0 Å². The Morgan fingerprint density at radius 2 is 2.33 bits per heavy atom. The number of esters is 1. The van der Waals surface area contributed by atoms with Gasteiger partial charge in [0.25, 0.3) is 0 Å². The molecule has 0 saturated carbocycles. The summed E-state index contributed by atoms with van der Waals surface area (Å²) in [5, 5.41) is 6.87. The van der Waals surface area contributed by atoms with E-state index >= 15 is 0 Å². The normalized spacial score (nSPS) is 22.3. The minimum Gasteiger partial charge on any atom is -0.463 e. The minimum atomic E-state index is -0.294. The molecule has 0 aliphatic carbocycles. The third-order valence-electron chi connectivity index (χ3n) is 2.35. The maximum Gasteiger partial charge on any atom is 0.302 e. The van der Waals surface area contributed by atoms with Crippen LogP contribution in [-0.2, 0) is 14.3 Å². The number of rotatable bonds is 5. The topological polar surface area (TPSA) is 59.6 Å². The molecule has 0 bridgehead atoms. The van der Waals surface area contributed by atoms with Gasteiger partial charge in [0.1, 0.15) is 12.7 Å². The van der Waals surface area contributed by atoms with E-state index in [1.54, 1.807) is 0 Å². The molecule has 0 saturated heterocycles. The third kappa shape index (κ3) is 5.97. The van der Waals surface area contributed by atoms with Crippen LogP contribution in [0.5, 0.6) is 0 Å². The average molecular weight is 272 g/mol. The Morgan fingerprint density at radius 1 is 1.56 bits per heavy atom. The zero-order chi connectivity index (χ0) is 13.4. The average Bonchev–Trinajstić information content (AvgIpc) is 2.35. The monoisotopic (exact) mass is 272 g/mol. The Bertz CT molecular complexity index is 320. The predicted molar refractivity (Wildman–Crippen MR) is 73.3 cm³/mol. The van der Waals surface area contributed by atoms with Gasteiger partial charge in [0.05, 0.1) is 12.6 Å². The van der Waals surface area contributed by atoms with E-state index in [1.165, 1.54) is 6.92 Å². The summed E-state index contributed by atoms with van der Waals surface area (Å²) in [6.45, 7) is 5.10. The van der Waals surface area contributed by atoms with Crippen molar-refractivity contribution in [1.29, 1.82) is 0 Å². The summed E-state index contributed by atoms with van der Waals surface area (Å²) in [4.78, 5) is 10.7. The zero-order valence-corrected chi connectivity index (χ0v) is 11.6. The van der Waals surface area contributed by atoms with Gasteiger partial charge in [-0.3, -0.25) is 4.79 Å². The molecule has 18 heavy (non-hydrogen) atoms. The van der Waals surface area contributed by atoms with Crippen LogP contribution in [-0.4, -0.2) is 43.0 Å². The summed E-state index contributed by atoms with van der Waals surface area (Å²) in [6.07, 6.45) is 4.73. The second-order valence-corrected chi connectivity index (χ2v) is 4.47. The van der Waals surface area contributed by atoms with E-state index < -0.39 is 0 Å². The lowest BCUT2D eigenvalue weighted by atomic mass is 10.2. The fourth-order valence-electron chi connectivity index (χ4n) is 1.45. The molecule has 102 valence electrons. The Labute approximate surface area is 113 Å². The van der Waals surface area contributed by atoms with Crippen LogP contribution in [0.4, 0.5) is 0 Å². The predicted octanol–water partition coefficient (Wildman–Crippen LogP) is 0.747. The molecule has 0 spiro atoms. The summed E-state index contributed by atoms with van der Waals surface area (Å²) in [5.41, 5.74) is 0. The van der Waals surface area contributed by atoms with Crippen molar-refractivity contribution < 1.29 is 14.3 Å². The highest BCUT2D eigenvalue weighted by Crippen LogP contribution is 2.06. The molecular weight excluding hydrogens is 252 g/mol. The van der Waals surface area contributed by atoms with Crippen molar-refractivity contribution >= 4 is 23.3 Å². The summed E-state index contributed by atoms with van der Waals surface area (Å²) in [5.74, 6) is -0.294. The summed E-state index contributed by atoms with van der Waals surface area (Å²) in [7, 11) is 0. The van der Waals surface area contributed by atoms with Crippen LogP contribution in [0, 0.1) is 0 Å². The van der Waals surface area contributed by atoms with Crippen LogP contribution >= 0.6 is 12.2 Å². The van der Waals surface area contributed by atoms with Gasteiger partial charge >= 0.3 is 5.97 Å². The highest BCUT2D eigenvalue weighted by Gasteiger charge is 2.17. The number of hydrogen-bond acceptors (Lipinski definition) is 4. The molecule has 0 aromatic carbocycles. The number of thiocarbonyl (C=S) groups is 1. The fraction of sp³-hybridized carbons (Fsp3) is 0.667. The van der Waals surface area contributed by atoms with Crippen molar-refractivity contribution in [3.05, 3.63) is 12.2 Å². The third-order valence-corrected chi connectivity index (χ3v) is 2.61. The first-order valence-electron chi connectivity index (χ1n) is 6.09. The molecule has 0 amide bonds. The van der Waals surface area contributed by atoms with Crippen LogP contribution < -0.4 is 10.6 Å². The highest BCUT2D eigenvalue weighted by molar-refractivity contribution is 7.80. The van der Waals surface area contributed by atoms with Gasteiger partial charge in [-0.15, -0.1) is 0 Å². The Hall–Kier alpha value is -1.14. The molecule has 0 radical (unpaired) electrons. The van der Waals surface area contributed by atoms with E-state index in [2.05, 4.69) is 17.6 Å².